The van der Waals surface area contributed by atoms with Gasteiger partial charge in [0.1, 0.15) is 22.2 Å². The number of nitrogens with zero attached hydrogens (tertiary/aromatic N) is 3. The smallest absolute Gasteiger partial charge is 0.341 e. The zero-order valence-corrected chi connectivity index (χ0v) is 20.8. The third-order valence-corrected chi connectivity index (χ3v) is 7.24. The number of thioether (sulfide) groups is 1. The van der Waals surface area contributed by atoms with Crippen molar-refractivity contribution in [2.75, 3.05) is 18.2 Å². The van der Waals surface area contributed by atoms with Gasteiger partial charge < -0.3 is 14.6 Å². The van der Waals surface area contributed by atoms with Crippen molar-refractivity contribution in [2.24, 2.45) is 7.05 Å². The number of thiophene rings is 1. The van der Waals surface area contributed by atoms with E-state index in [2.05, 4.69) is 27.6 Å². The summed E-state index contributed by atoms with van der Waals surface area (Å²) in [7, 11) is 3.16. The fourth-order valence-corrected chi connectivity index (χ4v) is 5.18. The molecular formula is C25H23FN4O3S2. The Morgan fingerprint density at radius 1 is 1.09 bits per heavy atom. The van der Waals surface area contributed by atoms with Crippen LogP contribution in [0.4, 0.5) is 9.39 Å². The van der Waals surface area contributed by atoms with E-state index in [-0.39, 0.29) is 23.0 Å². The van der Waals surface area contributed by atoms with E-state index in [4.69, 9.17) is 4.74 Å². The number of ether oxygens (including phenoxy) is 1. The second-order valence-corrected chi connectivity index (χ2v) is 9.45. The number of rotatable bonds is 9. The maximum atomic E-state index is 13.3. The number of benzene rings is 2. The van der Waals surface area contributed by atoms with Crippen LogP contribution in [0.3, 0.4) is 0 Å². The van der Waals surface area contributed by atoms with Crippen LogP contribution >= 0.6 is 23.1 Å². The summed E-state index contributed by atoms with van der Waals surface area (Å²) in [6.45, 7) is 0. The van der Waals surface area contributed by atoms with Crippen molar-refractivity contribution in [3.05, 3.63) is 82.7 Å². The van der Waals surface area contributed by atoms with Gasteiger partial charge in [0.05, 0.1) is 12.9 Å². The highest BCUT2D eigenvalue weighted by Gasteiger charge is 2.22. The molecule has 1 amide bonds. The molecule has 4 aromatic rings. The third kappa shape index (κ3) is 5.95. The van der Waals surface area contributed by atoms with E-state index >= 15 is 0 Å². The van der Waals surface area contributed by atoms with Gasteiger partial charge in [0.15, 0.2) is 5.16 Å². The largest absolute Gasteiger partial charge is 0.465 e. The minimum Gasteiger partial charge on any atom is -0.465 e. The molecule has 0 spiro atoms. The molecule has 4 rings (SSSR count). The Kier molecular flexibility index (Phi) is 7.94. The fourth-order valence-electron chi connectivity index (χ4n) is 3.48. The van der Waals surface area contributed by atoms with Gasteiger partial charge in [-0.2, -0.15) is 0 Å². The quantitative estimate of drug-likeness (QED) is 0.252. The second kappa shape index (κ2) is 11.3. The molecule has 0 fully saturated rings. The topological polar surface area (TPSA) is 86.1 Å². The number of anilines is 1. The molecule has 10 heteroatoms. The van der Waals surface area contributed by atoms with Gasteiger partial charge in [-0.05, 0) is 29.7 Å². The standard InChI is InChI=1S/C25H23FN4O3S2/c1-30-20(13-8-16-6-4-3-5-7-16)28-29-25(30)35-15-21(31)27-23-22(24(32)33-2)19(14-34-23)17-9-11-18(26)12-10-17/h3-7,9-12,14H,8,13,15H2,1-2H3,(H,27,31). The number of aromatic nitrogens is 3. The number of amides is 1. The fraction of sp³-hybridized carbons (Fsp3) is 0.200. The Labute approximate surface area is 210 Å². The molecule has 180 valence electrons. The van der Waals surface area contributed by atoms with Crippen LogP contribution in [-0.4, -0.2) is 39.5 Å². The van der Waals surface area contributed by atoms with Crippen molar-refractivity contribution in [1.29, 1.82) is 0 Å². The molecule has 0 radical (unpaired) electrons. The summed E-state index contributed by atoms with van der Waals surface area (Å²) in [5, 5.41) is 14.0. The average molecular weight is 511 g/mol. The van der Waals surface area contributed by atoms with Crippen LogP contribution in [0.5, 0.6) is 0 Å². The van der Waals surface area contributed by atoms with Crippen molar-refractivity contribution >= 4 is 40.0 Å². The molecule has 0 saturated heterocycles. The molecule has 0 saturated carbocycles. The number of hydrogen-bond donors (Lipinski definition) is 1. The van der Waals surface area contributed by atoms with Crippen molar-refractivity contribution in [3.8, 4) is 11.1 Å². The molecule has 2 heterocycles. The maximum Gasteiger partial charge on any atom is 0.341 e. The number of carbonyl (C=O) groups excluding carboxylic acids is 2. The zero-order chi connectivity index (χ0) is 24.8. The number of methoxy groups -OCH3 is 1. The molecule has 0 aliphatic carbocycles. The van der Waals surface area contributed by atoms with Crippen LogP contribution in [0.25, 0.3) is 11.1 Å². The van der Waals surface area contributed by atoms with Crippen LogP contribution in [0.2, 0.25) is 0 Å². The Morgan fingerprint density at radius 3 is 2.54 bits per heavy atom. The van der Waals surface area contributed by atoms with Crippen LogP contribution in [0.1, 0.15) is 21.7 Å². The highest BCUT2D eigenvalue weighted by molar-refractivity contribution is 7.99. The van der Waals surface area contributed by atoms with Gasteiger partial charge in [-0.25, -0.2) is 9.18 Å². The number of aryl methyl sites for hydroxylation is 2. The summed E-state index contributed by atoms with van der Waals surface area (Å²) < 4.78 is 20.1. The van der Waals surface area contributed by atoms with Crippen molar-refractivity contribution in [2.45, 2.75) is 18.0 Å². The van der Waals surface area contributed by atoms with E-state index in [0.29, 0.717) is 21.3 Å². The lowest BCUT2D eigenvalue weighted by Crippen LogP contribution is -2.16. The summed E-state index contributed by atoms with van der Waals surface area (Å²) in [5.74, 6) is -0.311. The Bertz CT molecular complexity index is 1320. The lowest BCUT2D eigenvalue weighted by Gasteiger charge is -2.08. The summed E-state index contributed by atoms with van der Waals surface area (Å²) in [6.07, 6.45) is 1.59. The van der Waals surface area contributed by atoms with Gasteiger partial charge in [0.2, 0.25) is 5.91 Å². The zero-order valence-electron chi connectivity index (χ0n) is 19.2. The lowest BCUT2D eigenvalue weighted by atomic mass is 10.0. The van der Waals surface area contributed by atoms with Gasteiger partial charge in [-0.1, -0.05) is 54.2 Å². The first kappa shape index (κ1) is 24.6. The first-order chi connectivity index (χ1) is 17.0. The molecule has 0 unspecified atom stereocenters. The van der Waals surface area contributed by atoms with Crippen molar-refractivity contribution in [3.63, 3.8) is 0 Å². The number of esters is 1. The maximum absolute atomic E-state index is 13.3. The first-order valence-corrected chi connectivity index (χ1v) is 12.6. The molecule has 0 bridgehead atoms. The minimum atomic E-state index is -0.579. The molecule has 0 aliphatic heterocycles. The highest BCUT2D eigenvalue weighted by atomic mass is 32.2. The van der Waals surface area contributed by atoms with Gasteiger partial charge in [0.25, 0.3) is 0 Å². The summed E-state index contributed by atoms with van der Waals surface area (Å²) in [6, 6.07) is 15.9. The van der Waals surface area contributed by atoms with E-state index in [1.165, 1.54) is 47.9 Å². The molecule has 0 aliphatic rings. The Morgan fingerprint density at radius 2 is 1.83 bits per heavy atom. The van der Waals surface area contributed by atoms with Crippen molar-refractivity contribution in [1.82, 2.24) is 14.8 Å². The molecule has 2 aromatic heterocycles. The van der Waals surface area contributed by atoms with Crippen LogP contribution in [-0.2, 0) is 29.4 Å². The molecule has 2 aromatic carbocycles. The SMILES string of the molecule is COC(=O)c1c(-c2ccc(F)cc2)csc1NC(=O)CSc1nnc(CCc2ccccc2)n1C. The third-order valence-electron chi connectivity index (χ3n) is 5.33. The van der Waals surface area contributed by atoms with E-state index in [0.717, 1.165) is 18.7 Å². The predicted molar refractivity (Wildman–Crippen MR) is 135 cm³/mol. The van der Waals surface area contributed by atoms with Crippen LogP contribution in [0.15, 0.2) is 65.1 Å². The molecule has 35 heavy (non-hydrogen) atoms. The number of hydrogen-bond acceptors (Lipinski definition) is 7. The Balaban J connectivity index is 1.40. The highest BCUT2D eigenvalue weighted by Crippen LogP contribution is 2.36. The number of halogens is 1. The van der Waals surface area contributed by atoms with Gasteiger partial charge in [0, 0.05) is 24.4 Å². The van der Waals surface area contributed by atoms with E-state index < -0.39 is 5.97 Å². The average Bonchev–Trinajstić information content (AvgIpc) is 3.45. The number of carbonyl (C=O) groups is 2. The molecule has 1 N–H and O–H groups in total. The van der Waals surface area contributed by atoms with Crippen LogP contribution in [0, 0.1) is 5.82 Å². The molecule has 0 atom stereocenters. The summed E-state index contributed by atoms with van der Waals surface area (Å²) in [4.78, 5) is 25.1. The monoisotopic (exact) mass is 510 g/mol. The van der Waals surface area contributed by atoms with Gasteiger partial charge >= 0.3 is 5.97 Å². The normalized spacial score (nSPS) is 10.8. The lowest BCUT2D eigenvalue weighted by molar-refractivity contribution is -0.113. The van der Waals surface area contributed by atoms with Crippen LogP contribution < -0.4 is 5.32 Å². The molecular weight excluding hydrogens is 487 g/mol. The molecule has 7 nitrogen and oxygen atoms in total. The van der Waals surface area contributed by atoms with E-state index in [9.17, 15) is 14.0 Å². The predicted octanol–water partition coefficient (Wildman–Crippen LogP) is 4.99. The number of nitrogens with one attached hydrogen (secondary N) is 1. The summed E-state index contributed by atoms with van der Waals surface area (Å²) in [5.41, 5.74) is 2.69. The van der Waals surface area contributed by atoms with Crippen molar-refractivity contribution < 1.29 is 18.7 Å². The van der Waals surface area contributed by atoms with Gasteiger partial charge in [-0.15, -0.1) is 21.5 Å². The first-order valence-electron chi connectivity index (χ1n) is 10.8. The van der Waals surface area contributed by atoms with E-state index in [1.807, 2.05) is 29.8 Å². The second-order valence-electron chi connectivity index (χ2n) is 7.63. The minimum absolute atomic E-state index is 0.0923. The summed E-state index contributed by atoms with van der Waals surface area (Å²) >= 11 is 2.48. The Hall–Kier alpha value is -3.50. The van der Waals surface area contributed by atoms with E-state index in [1.54, 1.807) is 17.5 Å². The van der Waals surface area contributed by atoms with Gasteiger partial charge in [-0.3, -0.25) is 4.79 Å².